The third kappa shape index (κ3) is 7.06. The van der Waals surface area contributed by atoms with Gasteiger partial charge in [-0.05, 0) is 128 Å². The molecule has 3 nitrogen and oxygen atoms in total. The van der Waals surface area contributed by atoms with Crippen LogP contribution in [0.25, 0.3) is 76.9 Å². The highest BCUT2D eigenvalue weighted by atomic mass is 16.3. The van der Waals surface area contributed by atoms with Gasteiger partial charge in [0.15, 0.2) is 0 Å². The van der Waals surface area contributed by atoms with Crippen molar-refractivity contribution in [3.05, 3.63) is 255 Å². The molecule has 0 fully saturated rings. The van der Waals surface area contributed by atoms with Gasteiger partial charge < -0.3 is 14.2 Å². The molecular weight excluding hydrogens is 789 g/mol. The van der Waals surface area contributed by atoms with Crippen LogP contribution in [0.4, 0.5) is 34.1 Å². The minimum atomic E-state index is 0.880. The molecule has 0 atom stereocenters. The molecule has 12 rings (SSSR count). The predicted molar refractivity (Wildman–Crippen MR) is 274 cm³/mol. The first kappa shape index (κ1) is 38.0. The van der Waals surface area contributed by atoms with Crippen molar-refractivity contribution in [3.63, 3.8) is 0 Å². The second-order valence-corrected chi connectivity index (χ2v) is 16.5. The largest absolute Gasteiger partial charge is 0.456 e. The first-order chi connectivity index (χ1) is 32.2. The molecule has 0 aliphatic carbocycles. The van der Waals surface area contributed by atoms with E-state index in [1.54, 1.807) is 0 Å². The first-order valence-corrected chi connectivity index (χ1v) is 22.2. The molecule has 0 unspecified atom stereocenters. The highest BCUT2D eigenvalue weighted by molar-refractivity contribution is 6.15. The molecule has 0 aliphatic rings. The number of benzene rings is 11. The van der Waals surface area contributed by atoms with Crippen molar-refractivity contribution in [1.82, 2.24) is 0 Å². The van der Waals surface area contributed by atoms with Crippen LogP contribution in [-0.2, 0) is 0 Å². The predicted octanol–water partition coefficient (Wildman–Crippen LogP) is 17.8. The van der Waals surface area contributed by atoms with E-state index in [2.05, 4.69) is 252 Å². The molecule has 0 radical (unpaired) electrons. The second kappa shape index (κ2) is 16.2. The van der Waals surface area contributed by atoms with Crippen molar-refractivity contribution in [2.45, 2.75) is 0 Å². The SMILES string of the molecule is c1ccc(-c2ccc(-c3ccc(N(c4ccccc4)c4ccc(-c5ccc(N(c6ccc7oc8ccccc8c7c6)c6cc7ccccc7c7ccccc67)cc5)cc4)cc3)cc2)cc1. The summed E-state index contributed by atoms with van der Waals surface area (Å²) in [6.45, 7) is 0. The van der Waals surface area contributed by atoms with Gasteiger partial charge in [-0.1, -0.05) is 176 Å². The van der Waals surface area contributed by atoms with Gasteiger partial charge in [0.1, 0.15) is 11.2 Å². The smallest absolute Gasteiger partial charge is 0.135 e. The number of hydrogen-bond acceptors (Lipinski definition) is 3. The Hall–Kier alpha value is -8.66. The van der Waals surface area contributed by atoms with Gasteiger partial charge in [-0.25, -0.2) is 0 Å². The van der Waals surface area contributed by atoms with E-state index in [-0.39, 0.29) is 0 Å². The summed E-state index contributed by atoms with van der Waals surface area (Å²) in [6.07, 6.45) is 0. The van der Waals surface area contributed by atoms with Crippen molar-refractivity contribution in [3.8, 4) is 33.4 Å². The minimum Gasteiger partial charge on any atom is -0.456 e. The van der Waals surface area contributed by atoms with Crippen LogP contribution in [0.5, 0.6) is 0 Å². The van der Waals surface area contributed by atoms with Crippen molar-refractivity contribution >= 4 is 77.6 Å². The Bertz CT molecular complexity index is 3620. The van der Waals surface area contributed by atoms with Crippen LogP contribution in [0.15, 0.2) is 259 Å². The number of hydrogen-bond donors (Lipinski definition) is 0. The van der Waals surface area contributed by atoms with Gasteiger partial charge in [0, 0.05) is 44.6 Å². The average molecular weight is 831 g/mol. The summed E-state index contributed by atoms with van der Waals surface area (Å²) < 4.78 is 6.28. The van der Waals surface area contributed by atoms with E-state index >= 15 is 0 Å². The Morgan fingerprint density at radius 3 is 1.23 bits per heavy atom. The molecule has 0 amide bonds. The number of para-hydroxylation sites is 2. The van der Waals surface area contributed by atoms with E-state index < -0.39 is 0 Å². The number of rotatable bonds is 9. The fourth-order valence-electron chi connectivity index (χ4n) is 9.42. The van der Waals surface area contributed by atoms with Gasteiger partial charge in [-0.3, -0.25) is 0 Å². The van der Waals surface area contributed by atoms with Gasteiger partial charge in [0.25, 0.3) is 0 Å². The van der Waals surface area contributed by atoms with E-state index in [0.717, 1.165) is 67.2 Å². The monoisotopic (exact) mass is 830 g/mol. The van der Waals surface area contributed by atoms with Crippen molar-refractivity contribution < 1.29 is 4.42 Å². The van der Waals surface area contributed by atoms with Crippen LogP contribution >= 0.6 is 0 Å². The van der Waals surface area contributed by atoms with Crippen LogP contribution in [0.1, 0.15) is 0 Å². The van der Waals surface area contributed by atoms with Crippen LogP contribution < -0.4 is 9.80 Å². The molecule has 0 aliphatic heterocycles. The third-order valence-corrected chi connectivity index (χ3v) is 12.7. The zero-order valence-corrected chi connectivity index (χ0v) is 35.6. The number of anilines is 6. The lowest BCUT2D eigenvalue weighted by molar-refractivity contribution is 0.669. The molecule has 1 aromatic heterocycles. The van der Waals surface area contributed by atoms with Crippen molar-refractivity contribution in [2.75, 3.05) is 9.80 Å². The van der Waals surface area contributed by atoms with Crippen molar-refractivity contribution in [1.29, 1.82) is 0 Å². The van der Waals surface area contributed by atoms with E-state index in [1.165, 1.54) is 43.8 Å². The molecule has 0 saturated carbocycles. The van der Waals surface area contributed by atoms with Gasteiger partial charge >= 0.3 is 0 Å². The third-order valence-electron chi connectivity index (χ3n) is 12.7. The van der Waals surface area contributed by atoms with E-state index in [9.17, 15) is 0 Å². The van der Waals surface area contributed by atoms with Crippen LogP contribution in [-0.4, -0.2) is 0 Å². The van der Waals surface area contributed by atoms with Crippen LogP contribution in [0, 0.1) is 0 Å². The Labute approximate surface area is 378 Å². The summed E-state index contributed by atoms with van der Waals surface area (Å²) in [5.41, 5.74) is 15.4. The summed E-state index contributed by atoms with van der Waals surface area (Å²) in [6, 6.07) is 91.3. The number of fused-ring (bicyclic) bond motifs is 6. The second-order valence-electron chi connectivity index (χ2n) is 16.5. The molecule has 0 bridgehead atoms. The molecule has 0 saturated heterocycles. The molecule has 11 aromatic carbocycles. The summed E-state index contributed by atoms with van der Waals surface area (Å²) >= 11 is 0. The highest BCUT2D eigenvalue weighted by Gasteiger charge is 2.20. The van der Waals surface area contributed by atoms with E-state index in [4.69, 9.17) is 4.42 Å². The fraction of sp³-hybridized carbons (Fsp3) is 0. The average Bonchev–Trinajstić information content (AvgIpc) is 3.76. The lowest BCUT2D eigenvalue weighted by atomic mass is 9.98. The lowest BCUT2D eigenvalue weighted by Crippen LogP contribution is -2.10. The minimum absolute atomic E-state index is 0.880. The van der Waals surface area contributed by atoms with Gasteiger partial charge in [0.05, 0.1) is 5.69 Å². The van der Waals surface area contributed by atoms with Crippen molar-refractivity contribution in [2.24, 2.45) is 0 Å². The normalized spacial score (nSPS) is 11.4. The molecule has 0 N–H and O–H groups in total. The standard InChI is InChI=1S/C62H42N2O/c1-3-13-43(14-4-1)44-23-25-45(26-24-44)46-27-33-51(34-28-46)63(50-16-5-2-6-17-50)52-35-29-47(30-36-52)48-31-37-53(38-32-48)64(54-39-40-62-59(42-54)58-21-11-12-22-61(58)65-62)60-41-49-15-7-8-18-55(49)56-19-9-10-20-57(56)60/h1-42H. The highest BCUT2D eigenvalue weighted by Crippen LogP contribution is 2.44. The van der Waals surface area contributed by atoms with Gasteiger partial charge in [-0.2, -0.15) is 0 Å². The zero-order chi connectivity index (χ0) is 43.1. The maximum Gasteiger partial charge on any atom is 0.135 e. The van der Waals surface area contributed by atoms with Crippen LogP contribution in [0.2, 0.25) is 0 Å². The Balaban J connectivity index is 0.887. The maximum atomic E-state index is 6.28. The molecule has 3 heteroatoms. The molecule has 0 spiro atoms. The molecular formula is C62H42N2O. The van der Waals surface area contributed by atoms with Gasteiger partial charge in [0.2, 0.25) is 0 Å². The summed E-state index contributed by atoms with van der Waals surface area (Å²) in [4.78, 5) is 4.71. The molecule has 1 heterocycles. The summed E-state index contributed by atoms with van der Waals surface area (Å²) in [7, 11) is 0. The summed E-state index contributed by atoms with van der Waals surface area (Å²) in [5, 5.41) is 7.07. The van der Waals surface area contributed by atoms with E-state index in [0.29, 0.717) is 0 Å². The van der Waals surface area contributed by atoms with Crippen LogP contribution in [0.3, 0.4) is 0 Å². The maximum absolute atomic E-state index is 6.28. The lowest BCUT2D eigenvalue weighted by Gasteiger charge is -2.28. The first-order valence-electron chi connectivity index (χ1n) is 22.2. The zero-order valence-electron chi connectivity index (χ0n) is 35.6. The fourth-order valence-corrected chi connectivity index (χ4v) is 9.42. The molecule has 65 heavy (non-hydrogen) atoms. The topological polar surface area (TPSA) is 19.6 Å². The Morgan fingerprint density at radius 2 is 0.631 bits per heavy atom. The summed E-state index contributed by atoms with van der Waals surface area (Å²) in [5.74, 6) is 0. The molecule has 306 valence electrons. The number of furan rings is 1. The van der Waals surface area contributed by atoms with Gasteiger partial charge in [-0.15, -0.1) is 0 Å². The quantitative estimate of drug-likeness (QED) is 0.135. The Morgan fingerprint density at radius 1 is 0.231 bits per heavy atom. The van der Waals surface area contributed by atoms with E-state index in [1.807, 2.05) is 12.1 Å². The Kier molecular flexibility index (Phi) is 9.50. The molecule has 12 aromatic rings. The number of nitrogens with zero attached hydrogens (tertiary/aromatic N) is 2.